The molecular weight excluding hydrogens is 342 g/mol. The first-order valence-corrected chi connectivity index (χ1v) is 9.16. The molecule has 1 heterocycles. The summed E-state index contributed by atoms with van der Waals surface area (Å²) in [5.74, 6) is -0.170. The Labute approximate surface area is 157 Å². The van der Waals surface area contributed by atoms with Crippen molar-refractivity contribution in [2.24, 2.45) is 0 Å². The van der Waals surface area contributed by atoms with E-state index in [0.717, 1.165) is 42.6 Å². The summed E-state index contributed by atoms with van der Waals surface area (Å²) in [4.78, 5) is 27.1. The van der Waals surface area contributed by atoms with E-state index >= 15 is 0 Å². The summed E-state index contributed by atoms with van der Waals surface area (Å²) in [5.41, 5.74) is 2.50. The Bertz CT molecular complexity index is 971. The highest BCUT2D eigenvalue weighted by Gasteiger charge is 2.11. The molecule has 0 aliphatic rings. The van der Waals surface area contributed by atoms with Crippen LogP contribution >= 0.6 is 0 Å². The van der Waals surface area contributed by atoms with Crippen LogP contribution in [0.5, 0.6) is 0 Å². The van der Waals surface area contributed by atoms with Crippen molar-refractivity contribution < 1.29 is 9.90 Å². The third kappa shape index (κ3) is 4.53. The van der Waals surface area contributed by atoms with Crippen LogP contribution < -0.4 is 5.69 Å². The van der Waals surface area contributed by atoms with E-state index in [-0.39, 0.29) is 11.3 Å². The lowest BCUT2D eigenvalue weighted by atomic mass is 9.99. The van der Waals surface area contributed by atoms with Crippen molar-refractivity contribution in [1.82, 2.24) is 14.8 Å². The van der Waals surface area contributed by atoms with E-state index in [4.69, 9.17) is 0 Å². The lowest BCUT2D eigenvalue weighted by molar-refractivity contribution is 0.0697. The average molecular weight is 365 g/mol. The second-order valence-corrected chi connectivity index (χ2v) is 6.54. The number of unbranched alkanes of at least 4 members (excludes halogenated alkanes) is 2. The SMILES string of the molecule is CCCCCc1nc(=O)[nH]n1Cc1ccc(-c2ccccc2C(=O)O)cc1. The molecule has 0 atom stereocenters. The van der Waals surface area contributed by atoms with Gasteiger partial charge in [-0.2, -0.15) is 4.98 Å². The number of H-pyrrole nitrogens is 1. The number of hydrogen-bond donors (Lipinski definition) is 2. The lowest BCUT2D eigenvalue weighted by Crippen LogP contribution is -2.09. The maximum Gasteiger partial charge on any atom is 0.361 e. The normalized spacial score (nSPS) is 10.9. The fraction of sp³-hybridized carbons (Fsp3) is 0.286. The Morgan fingerprint density at radius 1 is 1.11 bits per heavy atom. The van der Waals surface area contributed by atoms with Crippen LogP contribution in [0.25, 0.3) is 11.1 Å². The van der Waals surface area contributed by atoms with Gasteiger partial charge in [-0.05, 0) is 29.2 Å². The Kier molecular flexibility index (Phi) is 5.86. The third-order valence-corrected chi connectivity index (χ3v) is 4.54. The van der Waals surface area contributed by atoms with E-state index in [9.17, 15) is 14.7 Å². The van der Waals surface area contributed by atoms with Gasteiger partial charge in [0.1, 0.15) is 5.82 Å². The molecule has 3 aromatic rings. The first kappa shape index (κ1) is 18.6. The number of nitrogens with zero attached hydrogens (tertiary/aromatic N) is 2. The molecule has 0 unspecified atom stereocenters. The van der Waals surface area contributed by atoms with Crippen molar-refractivity contribution >= 4 is 5.97 Å². The first-order chi connectivity index (χ1) is 13.1. The summed E-state index contributed by atoms with van der Waals surface area (Å²) in [6.07, 6.45) is 4.01. The number of rotatable bonds is 8. The van der Waals surface area contributed by atoms with E-state index in [0.29, 0.717) is 12.1 Å². The number of carbonyl (C=O) groups is 1. The summed E-state index contributed by atoms with van der Waals surface area (Å²) in [5, 5.41) is 12.1. The van der Waals surface area contributed by atoms with E-state index < -0.39 is 5.97 Å². The molecular formula is C21H23N3O3. The highest BCUT2D eigenvalue weighted by atomic mass is 16.4. The molecule has 0 saturated heterocycles. The van der Waals surface area contributed by atoms with Gasteiger partial charge in [0.15, 0.2) is 0 Å². The van der Waals surface area contributed by atoms with Gasteiger partial charge in [0.05, 0.1) is 12.1 Å². The largest absolute Gasteiger partial charge is 0.478 e. The molecule has 0 fully saturated rings. The Balaban J connectivity index is 1.79. The van der Waals surface area contributed by atoms with Crippen LogP contribution in [0, 0.1) is 0 Å². The van der Waals surface area contributed by atoms with Gasteiger partial charge in [-0.1, -0.05) is 62.2 Å². The Hall–Kier alpha value is -3.15. The predicted molar refractivity (Wildman–Crippen MR) is 104 cm³/mol. The van der Waals surface area contributed by atoms with E-state index in [1.54, 1.807) is 22.9 Å². The zero-order chi connectivity index (χ0) is 19.2. The molecule has 0 aliphatic carbocycles. The lowest BCUT2D eigenvalue weighted by Gasteiger charge is -2.09. The smallest absolute Gasteiger partial charge is 0.361 e. The molecule has 6 heteroatoms. The molecule has 0 spiro atoms. The van der Waals surface area contributed by atoms with Gasteiger partial charge in [0.2, 0.25) is 0 Å². The summed E-state index contributed by atoms with van der Waals surface area (Å²) >= 11 is 0. The minimum Gasteiger partial charge on any atom is -0.478 e. The van der Waals surface area contributed by atoms with E-state index in [2.05, 4.69) is 17.0 Å². The third-order valence-electron chi connectivity index (χ3n) is 4.54. The molecule has 0 radical (unpaired) electrons. The first-order valence-electron chi connectivity index (χ1n) is 9.16. The number of carboxylic acids is 1. The van der Waals surface area contributed by atoms with Gasteiger partial charge >= 0.3 is 11.7 Å². The number of aryl methyl sites for hydroxylation is 1. The minimum absolute atomic E-state index is 0.280. The second kappa shape index (κ2) is 8.49. The zero-order valence-electron chi connectivity index (χ0n) is 15.3. The molecule has 2 aromatic carbocycles. The van der Waals surface area contributed by atoms with Crippen LogP contribution in [0.2, 0.25) is 0 Å². The summed E-state index contributed by atoms with van der Waals surface area (Å²) in [6, 6.07) is 14.7. The van der Waals surface area contributed by atoms with Crippen molar-refractivity contribution in [1.29, 1.82) is 0 Å². The van der Waals surface area contributed by atoms with Crippen LogP contribution in [0.3, 0.4) is 0 Å². The van der Waals surface area contributed by atoms with Crippen molar-refractivity contribution in [2.75, 3.05) is 0 Å². The second-order valence-electron chi connectivity index (χ2n) is 6.54. The Morgan fingerprint density at radius 2 is 1.85 bits per heavy atom. The molecule has 27 heavy (non-hydrogen) atoms. The Morgan fingerprint density at radius 3 is 2.56 bits per heavy atom. The minimum atomic E-state index is -0.942. The monoisotopic (exact) mass is 365 g/mol. The molecule has 3 rings (SSSR count). The van der Waals surface area contributed by atoms with Crippen LogP contribution in [0.15, 0.2) is 53.3 Å². The average Bonchev–Trinajstić information content (AvgIpc) is 3.01. The van der Waals surface area contributed by atoms with Crippen molar-refractivity contribution in [3.8, 4) is 11.1 Å². The van der Waals surface area contributed by atoms with Gasteiger partial charge in [0, 0.05) is 6.42 Å². The topological polar surface area (TPSA) is 88.0 Å². The number of aromatic amines is 1. The predicted octanol–water partition coefficient (Wildman–Crippen LogP) is 3.72. The zero-order valence-corrected chi connectivity index (χ0v) is 15.3. The quantitative estimate of drug-likeness (QED) is 0.596. The summed E-state index contributed by atoms with van der Waals surface area (Å²) in [6.45, 7) is 2.67. The van der Waals surface area contributed by atoms with Gasteiger partial charge < -0.3 is 5.11 Å². The number of benzene rings is 2. The van der Waals surface area contributed by atoms with Gasteiger partial charge in [-0.3, -0.25) is 4.68 Å². The van der Waals surface area contributed by atoms with Gasteiger partial charge in [-0.15, -0.1) is 0 Å². The number of carboxylic acid groups (broad SMARTS) is 1. The standard InChI is InChI=1S/C21H23N3O3/c1-2-3-4-9-19-22-21(27)23-24(19)14-15-10-12-16(13-11-15)17-7-5-6-8-18(17)20(25)26/h5-8,10-13H,2-4,9,14H2,1H3,(H,23,27)(H,25,26). The van der Waals surface area contributed by atoms with Crippen LogP contribution in [-0.2, 0) is 13.0 Å². The molecule has 0 bridgehead atoms. The highest BCUT2D eigenvalue weighted by molar-refractivity contribution is 5.95. The molecule has 6 nitrogen and oxygen atoms in total. The molecule has 2 N–H and O–H groups in total. The van der Waals surface area contributed by atoms with Crippen LogP contribution in [0.4, 0.5) is 0 Å². The summed E-state index contributed by atoms with van der Waals surface area (Å²) in [7, 11) is 0. The number of aromatic nitrogens is 3. The van der Waals surface area contributed by atoms with Crippen LogP contribution in [0.1, 0.15) is 47.9 Å². The summed E-state index contributed by atoms with van der Waals surface area (Å²) < 4.78 is 1.79. The fourth-order valence-corrected chi connectivity index (χ4v) is 3.13. The maximum absolute atomic E-state index is 11.6. The molecule has 0 amide bonds. The van der Waals surface area contributed by atoms with Gasteiger partial charge in [-0.25, -0.2) is 14.7 Å². The fourth-order valence-electron chi connectivity index (χ4n) is 3.13. The van der Waals surface area contributed by atoms with Crippen molar-refractivity contribution in [3.05, 3.63) is 76.0 Å². The highest BCUT2D eigenvalue weighted by Crippen LogP contribution is 2.24. The van der Waals surface area contributed by atoms with E-state index in [1.807, 2.05) is 30.3 Å². The molecule has 140 valence electrons. The van der Waals surface area contributed by atoms with Gasteiger partial charge in [0.25, 0.3) is 0 Å². The molecule has 0 saturated carbocycles. The number of hydrogen-bond acceptors (Lipinski definition) is 3. The molecule has 1 aromatic heterocycles. The maximum atomic E-state index is 11.6. The van der Waals surface area contributed by atoms with Crippen LogP contribution in [-0.4, -0.2) is 25.8 Å². The van der Waals surface area contributed by atoms with Crippen molar-refractivity contribution in [3.63, 3.8) is 0 Å². The number of nitrogens with one attached hydrogen (secondary N) is 1. The van der Waals surface area contributed by atoms with Crippen molar-refractivity contribution in [2.45, 2.75) is 39.2 Å². The van der Waals surface area contributed by atoms with E-state index in [1.165, 1.54) is 0 Å². The molecule has 0 aliphatic heterocycles. The number of aromatic carboxylic acids is 1.